The first-order valence-corrected chi connectivity index (χ1v) is 7.13. The molecule has 0 aromatic heterocycles. The fourth-order valence-corrected chi connectivity index (χ4v) is 2.16. The zero-order valence-electron chi connectivity index (χ0n) is 12.1. The Labute approximate surface area is 120 Å². The van der Waals surface area contributed by atoms with Crippen LogP contribution in [0.1, 0.15) is 37.3 Å². The summed E-state index contributed by atoms with van der Waals surface area (Å²) >= 11 is 0. The molecule has 3 heteroatoms. The highest BCUT2D eigenvalue weighted by molar-refractivity contribution is 5.93. The lowest BCUT2D eigenvalue weighted by molar-refractivity contribution is -0.119. The third-order valence-electron chi connectivity index (χ3n) is 3.70. The molecule has 2 rings (SSSR count). The standard InChI is InChI=1S/C17H21NO2/c1-12-11-14(5-3-4-10-19)6-9-16(12)18-17(20)13(2)15-7-8-15/h6,9,11,13,15,19H,4,7-8,10H2,1-2H3,(H,18,20). The maximum Gasteiger partial charge on any atom is 0.227 e. The largest absolute Gasteiger partial charge is 0.395 e. The minimum absolute atomic E-state index is 0.0825. The number of rotatable bonds is 4. The van der Waals surface area contributed by atoms with Gasteiger partial charge in [-0.3, -0.25) is 4.79 Å². The third kappa shape index (κ3) is 3.85. The number of hydrogen-bond donors (Lipinski definition) is 2. The average Bonchev–Trinajstić information content (AvgIpc) is 3.25. The molecule has 2 N–H and O–H groups in total. The van der Waals surface area contributed by atoms with Crippen molar-refractivity contribution in [1.82, 2.24) is 0 Å². The topological polar surface area (TPSA) is 49.3 Å². The van der Waals surface area contributed by atoms with Gasteiger partial charge in [0.15, 0.2) is 0 Å². The van der Waals surface area contributed by atoms with Gasteiger partial charge in [0, 0.05) is 23.6 Å². The first-order chi connectivity index (χ1) is 9.61. The summed E-state index contributed by atoms with van der Waals surface area (Å²) in [7, 11) is 0. The lowest BCUT2D eigenvalue weighted by Crippen LogP contribution is -2.22. The molecule has 1 aromatic carbocycles. The van der Waals surface area contributed by atoms with E-state index in [4.69, 9.17) is 5.11 Å². The Balaban J connectivity index is 2.02. The van der Waals surface area contributed by atoms with Crippen molar-refractivity contribution in [3.63, 3.8) is 0 Å². The normalized spacial score (nSPS) is 15.2. The molecule has 1 atom stereocenters. The van der Waals surface area contributed by atoms with Gasteiger partial charge in [-0.05, 0) is 49.4 Å². The van der Waals surface area contributed by atoms with Crippen molar-refractivity contribution in [1.29, 1.82) is 0 Å². The second-order valence-corrected chi connectivity index (χ2v) is 5.42. The zero-order chi connectivity index (χ0) is 14.5. The van der Waals surface area contributed by atoms with Crippen LogP contribution in [0.4, 0.5) is 5.69 Å². The SMILES string of the molecule is Cc1cc(C#CCCO)ccc1NC(=O)C(C)C1CC1. The Bertz CT molecular complexity index is 550. The van der Waals surface area contributed by atoms with Crippen LogP contribution in [0, 0.1) is 30.6 Å². The van der Waals surface area contributed by atoms with Crippen molar-refractivity contribution in [3.05, 3.63) is 29.3 Å². The fraction of sp³-hybridized carbons (Fsp3) is 0.471. The summed E-state index contributed by atoms with van der Waals surface area (Å²) in [5, 5.41) is 11.7. The monoisotopic (exact) mass is 271 g/mol. The third-order valence-corrected chi connectivity index (χ3v) is 3.70. The molecule has 0 radical (unpaired) electrons. The second kappa shape index (κ2) is 6.58. The molecule has 1 unspecified atom stereocenters. The van der Waals surface area contributed by atoms with Crippen LogP contribution in [0.25, 0.3) is 0 Å². The van der Waals surface area contributed by atoms with Gasteiger partial charge in [-0.25, -0.2) is 0 Å². The highest BCUT2D eigenvalue weighted by Gasteiger charge is 2.32. The predicted octanol–water partition coefficient (Wildman–Crippen LogP) is 2.71. The number of nitrogens with one attached hydrogen (secondary N) is 1. The molecular weight excluding hydrogens is 250 g/mol. The van der Waals surface area contributed by atoms with E-state index in [2.05, 4.69) is 17.2 Å². The van der Waals surface area contributed by atoms with E-state index in [0.717, 1.165) is 16.8 Å². The van der Waals surface area contributed by atoms with Crippen LogP contribution in [-0.2, 0) is 4.79 Å². The lowest BCUT2D eigenvalue weighted by Gasteiger charge is -2.13. The second-order valence-electron chi connectivity index (χ2n) is 5.42. The average molecular weight is 271 g/mol. The molecule has 0 aliphatic heterocycles. The van der Waals surface area contributed by atoms with Gasteiger partial charge < -0.3 is 10.4 Å². The molecule has 1 fully saturated rings. The molecule has 106 valence electrons. The summed E-state index contributed by atoms with van der Waals surface area (Å²) in [6, 6.07) is 5.76. The molecule has 1 saturated carbocycles. The van der Waals surface area contributed by atoms with E-state index >= 15 is 0 Å². The Hall–Kier alpha value is -1.79. The Morgan fingerprint density at radius 1 is 1.50 bits per heavy atom. The van der Waals surface area contributed by atoms with Crippen molar-refractivity contribution < 1.29 is 9.90 Å². The van der Waals surface area contributed by atoms with Gasteiger partial charge in [-0.15, -0.1) is 0 Å². The number of carbonyl (C=O) groups excluding carboxylic acids is 1. The molecule has 3 nitrogen and oxygen atoms in total. The van der Waals surface area contributed by atoms with E-state index in [1.54, 1.807) is 0 Å². The van der Waals surface area contributed by atoms with Crippen LogP contribution >= 0.6 is 0 Å². The Morgan fingerprint density at radius 3 is 2.85 bits per heavy atom. The van der Waals surface area contributed by atoms with Crippen molar-refractivity contribution >= 4 is 11.6 Å². The van der Waals surface area contributed by atoms with Crippen LogP contribution in [0.15, 0.2) is 18.2 Å². The molecule has 1 aliphatic carbocycles. The van der Waals surface area contributed by atoms with Crippen LogP contribution in [0.2, 0.25) is 0 Å². The summed E-state index contributed by atoms with van der Waals surface area (Å²) in [6.45, 7) is 4.05. The quantitative estimate of drug-likeness (QED) is 0.827. The molecule has 1 aromatic rings. The minimum Gasteiger partial charge on any atom is -0.395 e. The number of benzene rings is 1. The van der Waals surface area contributed by atoms with E-state index in [-0.39, 0.29) is 18.4 Å². The number of hydrogen-bond acceptors (Lipinski definition) is 2. The fourth-order valence-electron chi connectivity index (χ4n) is 2.16. The van der Waals surface area contributed by atoms with Crippen molar-refractivity contribution in [2.24, 2.45) is 11.8 Å². The van der Waals surface area contributed by atoms with Crippen molar-refractivity contribution in [2.75, 3.05) is 11.9 Å². The van der Waals surface area contributed by atoms with Crippen LogP contribution < -0.4 is 5.32 Å². The Kier molecular flexibility index (Phi) is 4.81. The van der Waals surface area contributed by atoms with Crippen molar-refractivity contribution in [3.8, 4) is 11.8 Å². The maximum absolute atomic E-state index is 12.1. The molecular formula is C17H21NO2. The smallest absolute Gasteiger partial charge is 0.227 e. The number of carbonyl (C=O) groups is 1. The van der Waals surface area contributed by atoms with Crippen LogP contribution in [0.5, 0.6) is 0 Å². The van der Waals surface area contributed by atoms with E-state index in [9.17, 15) is 4.79 Å². The summed E-state index contributed by atoms with van der Waals surface area (Å²) in [5.41, 5.74) is 2.77. The molecule has 0 heterocycles. The highest BCUT2D eigenvalue weighted by Crippen LogP contribution is 2.37. The maximum atomic E-state index is 12.1. The van der Waals surface area contributed by atoms with Crippen LogP contribution in [0.3, 0.4) is 0 Å². The van der Waals surface area contributed by atoms with E-state index in [1.165, 1.54) is 12.8 Å². The van der Waals surface area contributed by atoms with Crippen molar-refractivity contribution in [2.45, 2.75) is 33.1 Å². The van der Waals surface area contributed by atoms with E-state index in [0.29, 0.717) is 12.3 Å². The summed E-state index contributed by atoms with van der Waals surface area (Å²) in [5.74, 6) is 6.66. The minimum atomic E-state index is 0.0825. The number of amides is 1. The molecule has 1 aliphatic rings. The summed E-state index contributed by atoms with van der Waals surface area (Å²) in [4.78, 5) is 12.1. The van der Waals surface area contributed by atoms with Gasteiger partial charge in [0.25, 0.3) is 0 Å². The van der Waals surface area contributed by atoms with Gasteiger partial charge in [0.2, 0.25) is 5.91 Å². The van der Waals surface area contributed by atoms with Crippen LogP contribution in [-0.4, -0.2) is 17.6 Å². The number of anilines is 1. The molecule has 1 amide bonds. The first-order valence-electron chi connectivity index (χ1n) is 7.13. The number of aliphatic hydroxyl groups is 1. The van der Waals surface area contributed by atoms with Gasteiger partial charge in [-0.2, -0.15) is 0 Å². The van der Waals surface area contributed by atoms with Gasteiger partial charge in [0.05, 0.1) is 6.61 Å². The van der Waals surface area contributed by atoms with Gasteiger partial charge in [-0.1, -0.05) is 18.8 Å². The summed E-state index contributed by atoms with van der Waals surface area (Å²) < 4.78 is 0. The molecule has 20 heavy (non-hydrogen) atoms. The van der Waals surface area contributed by atoms with Gasteiger partial charge in [0.1, 0.15) is 0 Å². The molecule has 0 spiro atoms. The van der Waals surface area contributed by atoms with E-state index in [1.807, 2.05) is 32.0 Å². The van der Waals surface area contributed by atoms with E-state index < -0.39 is 0 Å². The summed E-state index contributed by atoms with van der Waals surface area (Å²) in [6.07, 6.45) is 2.83. The number of aryl methyl sites for hydroxylation is 1. The molecule has 0 bridgehead atoms. The number of aliphatic hydroxyl groups excluding tert-OH is 1. The lowest BCUT2D eigenvalue weighted by atomic mass is 10.0. The highest BCUT2D eigenvalue weighted by atomic mass is 16.2. The predicted molar refractivity (Wildman–Crippen MR) is 80.3 cm³/mol. The molecule has 0 saturated heterocycles. The zero-order valence-corrected chi connectivity index (χ0v) is 12.1. The van der Waals surface area contributed by atoms with Gasteiger partial charge >= 0.3 is 0 Å². The Morgan fingerprint density at radius 2 is 2.25 bits per heavy atom. The first kappa shape index (κ1) is 14.6.